The monoisotopic (exact) mass is 436 g/mol. The van der Waals surface area contributed by atoms with Gasteiger partial charge in [-0.2, -0.15) is 0 Å². The lowest BCUT2D eigenvalue weighted by molar-refractivity contribution is -0.385. The van der Waals surface area contributed by atoms with Crippen LogP contribution in [0.25, 0.3) is 0 Å². The third-order valence-electron chi connectivity index (χ3n) is 5.57. The largest absolute Gasteiger partial charge is 0.339 e. The number of aldehydes is 1. The summed E-state index contributed by atoms with van der Waals surface area (Å²) in [5, 5.41) is 11.8. The second-order valence-corrected chi connectivity index (χ2v) is 10.1. The zero-order valence-corrected chi connectivity index (χ0v) is 17.7. The molecule has 1 fully saturated rings. The SMILES string of the molecule is O=CCC(c1ccccc1[N+](=O)[O-])[P+]1(O)N(c2ccccc2)CCN1c1ccccc1. The molecule has 0 aromatic heterocycles. The third kappa shape index (κ3) is 3.78. The fourth-order valence-electron chi connectivity index (χ4n) is 4.23. The molecule has 0 bridgehead atoms. The van der Waals surface area contributed by atoms with E-state index >= 15 is 0 Å². The van der Waals surface area contributed by atoms with Crippen molar-refractivity contribution in [3.63, 3.8) is 0 Å². The van der Waals surface area contributed by atoms with Crippen molar-refractivity contribution in [2.45, 2.75) is 12.1 Å². The van der Waals surface area contributed by atoms with Crippen molar-refractivity contribution in [3.05, 3.63) is 101 Å². The summed E-state index contributed by atoms with van der Waals surface area (Å²) < 4.78 is 3.87. The lowest BCUT2D eigenvalue weighted by Gasteiger charge is -2.36. The minimum absolute atomic E-state index is 0.0260. The Labute approximate surface area is 181 Å². The number of carbonyl (C=O) groups is 1. The van der Waals surface area contributed by atoms with Crippen LogP contribution in [0.3, 0.4) is 0 Å². The fraction of sp³-hybridized carbons (Fsp3) is 0.174. The van der Waals surface area contributed by atoms with Gasteiger partial charge in [-0.05, 0) is 30.3 Å². The average Bonchev–Trinajstić information content (AvgIpc) is 3.16. The average molecular weight is 436 g/mol. The molecule has 4 rings (SSSR count). The molecular weight excluding hydrogens is 413 g/mol. The van der Waals surface area contributed by atoms with E-state index in [4.69, 9.17) is 0 Å². The molecule has 1 heterocycles. The first-order chi connectivity index (χ1) is 15.1. The molecule has 1 saturated heterocycles. The van der Waals surface area contributed by atoms with Gasteiger partial charge in [0.2, 0.25) is 0 Å². The van der Waals surface area contributed by atoms with Crippen molar-refractivity contribution >= 4 is 31.1 Å². The van der Waals surface area contributed by atoms with E-state index in [1.807, 2.05) is 70.0 Å². The molecule has 0 saturated carbocycles. The van der Waals surface area contributed by atoms with Gasteiger partial charge in [0.25, 0.3) is 5.69 Å². The first-order valence-corrected chi connectivity index (χ1v) is 11.7. The van der Waals surface area contributed by atoms with E-state index in [2.05, 4.69) is 0 Å². The Kier molecular flexibility index (Phi) is 5.98. The van der Waals surface area contributed by atoms with Crippen LogP contribution in [0.15, 0.2) is 84.9 Å². The second-order valence-electron chi connectivity index (χ2n) is 7.27. The summed E-state index contributed by atoms with van der Waals surface area (Å²) in [6, 6.07) is 25.4. The minimum atomic E-state index is -3.27. The molecule has 8 heteroatoms. The minimum Gasteiger partial charge on any atom is -0.303 e. The van der Waals surface area contributed by atoms with E-state index in [-0.39, 0.29) is 12.1 Å². The molecule has 1 unspecified atom stereocenters. The lowest BCUT2D eigenvalue weighted by atomic mass is 10.1. The number of nitrogens with zero attached hydrogens (tertiary/aromatic N) is 3. The highest BCUT2D eigenvalue weighted by Gasteiger charge is 2.62. The maximum absolute atomic E-state index is 12.4. The van der Waals surface area contributed by atoms with Crippen LogP contribution in [0.2, 0.25) is 0 Å². The number of rotatable bonds is 7. The molecule has 3 aromatic rings. The molecule has 7 nitrogen and oxygen atoms in total. The van der Waals surface area contributed by atoms with Crippen LogP contribution in [0.5, 0.6) is 0 Å². The van der Waals surface area contributed by atoms with Gasteiger partial charge in [0.1, 0.15) is 6.29 Å². The van der Waals surface area contributed by atoms with Gasteiger partial charge in [-0.25, -0.2) is 14.2 Å². The molecule has 1 atom stereocenters. The Morgan fingerprint density at radius 2 is 1.39 bits per heavy atom. The third-order valence-corrected chi connectivity index (χ3v) is 9.18. The normalized spacial score (nSPS) is 16.2. The summed E-state index contributed by atoms with van der Waals surface area (Å²) in [6.07, 6.45) is 0.714. The molecule has 0 amide bonds. The van der Waals surface area contributed by atoms with Crippen LogP contribution in [0.1, 0.15) is 17.6 Å². The van der Waals surface area contributed by atoms with Crippen molar-refractivity contribution in [2.24, 2.45) is 0 Å². The highest BCUT2D eigenvalue weighted by Crippen LogP contribution is 2.76. The summed E-state index contributed by atoms with van der Waals surface area (Å²) >= 11 is 0. The van der Waals surface area contributed by atoms with Crippen LogP contribution in [-0.2, 0) is 4.79 Å². The van der Waals surface area contributed by atoms with Crippen LogP contribution in [0.4, 0.5) is 17.1 Å². The summed E-state index contributed by atoms with van der Waals surface area (Å²) in [5.41, 5.74) is 1.20. The highest BCUT2D eigenvalue weighted by atomic mass is 31.2. The molecule has 158 valence electrons. The van der Waals surface area contributed by atoms with Crippen LogP contribution >= 0.6 is 7.79 Å². The topological polar surface area (TPSA) is 86.9 Å². The van der Waals surface area contributed by atoms with E-state index < -0.39 is 18.4 Å². The number of benzene rings is 3. The Bertz CT molecular complexity index is 1020. The number of hydrogen-bond donors (Lipinski definition) is 1. The standard InChI is InChI=1S/C23H23N3O4P/c27-18-15-23(21-13-7-8-14-22(21)26(28)29)31(30)24(19-9-3-1-4-10-19)16-17-25(31)20-11-5-2-6-12-20/h1-14,18,23,30H,15-17H2/q+1. The lowest BCUT2D eigenvalue weighted by Crippen LogP contribution is -2.30. The van der Waals surface area contributed by atoms with Gasteiger partial charge in [-0.3, -0.25) is 10.1 Å². The molecule has 0 aliphatic carbocycles. The first kappa shape index (κ1) is 21.0. The van der Waals surface area contributed by atoms with Crippen molar-refractivity contribution in [1.29, 1.82) is 0 Å². The maximum Gasteiger partial charge on any atom is 0.339 e. The van der Waals surface area contributed by atoms with E-state index in [1.54, 1.807) is 18.2 Å². The number of nitro benzene ring substituents is 1. The zero-order valence-electron chi connectivity index (χ0n) is 16.8. The van der Waals surface area contributed by atoms with E-state index in [0.29, 0.717) is 18.7 Å². The summed E-state index contributed by atoms with van der Waals surface area (Å²) in [5.74, 6) is 0. The van der Waals surface area contributed by atoms with Crippen LogP contribution in [-0.4, -0.2) is 29.2 Å². The van der Waals surface area contributed by atoms with Crippen molar-refractivity contribution in [3.8, 4) is 0 Å². The molecule has 1 aliphatic heterocycles. The molecular formula is C23H23N3O4P+. The number of hydrogen-bond acceptors (Lipinski definition) is 6. The predicted octanol–water partition coefficient (Wildman–Crippen LogP) is 5.01. The van der Waals surface area contributed by atoms with Gasteiger partial charge >= 0.3 is 7.79 Å². The van der Waals surface area contributed by atoms with Gasteiger partial charge in [-0.15, -0.1) is 0 Å². The quantitative estimate of drug-likeness (QED) is 0.243. The first-order valence-electron chi connectivity index (χ1n) is 10.0. The predicted molar refractivity (Wildman–Crippen MR) is 123 cm³/mol. The number of anilines is 2. The summed E-state index contributed by atoms with van der Waals surface area (Å²) in [4.78, 5) is 35.5. The zero-order chi connectivity index (χ0) is 21.8. The van der Waals surface area contributed by atoms with E-state index in [9.17, 15) is 19.8 Å². The van der Waals surface area contributed by atoms with Gasteiger partial charge in [0.05, 0.1) is 41.4 Å². The molecule has 1 aliphatic rings. The molecule has 31 heavy (non-hydrogen) atoms. The van der Waals surface area contributed by atoms with E-state index in [1.165, 1.54) is 6.07 Å². The Balaban J connectivity index is 1.92. The maximum atomic E-state index is 12.4. The molecule has 0 spiro atoms. The van der Waals surface area contributed by atoms with E-state index in [0.717, 1.165) is 17.7 Å². The van der Waals surface area contributed by atoms with Gasteiger partial charge in [-0.1, -0.05) is 48.5 Å². The summed E-state index contributed by atoms with van der Waals surface area (Å²) in [7, 11) is -3.27. The summed E-state index contributed by atoms with van der Waals surface area (Å²) in [6.45, 7) is 1.08. The van der Waals surface area contributed by atoms with Crippen LogP contribution in [0, 0.1) is 10.1 Å². The van der Waals surface area contributed by atoms with Gasteiger partial charge in [0, 0.05) is 6.07 Å². The van der Waals surface area contributed by atoms with Crippen molar-refractivity contribution in [2.75, 3.05) is 22.4 Å². The Hall–Kier alpha value is -3.28. The number of nitro groups is 1. The van der Waals surface area contributed by atoms with Crippen molar-refractivity contribution < 1.29 is 14.6 Å². The molecule has 0 radical (unpaired) electrons. The second kappa shape index (κ2) is 8.84. The van der Waals surface area contributed by atoms with Gasteiger partial charge < -0.3 is 4.79 Å². The van der Waals surface area contributed by atoms with Crippen LogP contribution < -0.4 is 9.34 Å². The molecule has 1 N–H and O–H groups in total. The van der Waals surface area contributed by atoms with Gasteiger partial charge in [0.15, 0.2) is 5.66 Å². The molecule has 3 aromatic carbocycles. The smallest absolute Gasteiger partial charge is 0.303 e. The number of carbonyl (C=O) groups excluding carboxylic acids is 1. The Morgan fingerprint density at radius 1 is 0.903 bits per heavy atom. The highest BCUT2D eigenvalue weighted by molar-refractivity contribution is 7.74. The van der Waals surface area contributed by atoms with Crippen molar-refractivity contribution in [1.82, 2.24) is 0 Å². The number of para-hydroxylation sites is 3. The fourth-order valence-corrected chi connectivity index (χ4v) is 7.84. The Morgan fingerprint density at radius 3 is 1.87 bits per heavy atom.